The first-order valence-electron chi connectivity index (χ1n) is 18.7. The molecule has 0 saturated heterocycles. The minimum atomic E-state index is 0.644. The van der Waals surface area contributed by atoms with E-state index < -0.39 is 0 Å². The van der Waals surface area contributed by atoms with Gasteiger partial charge in [-0.1, -0.05) is 172 Å². The third kappa shape index (κ3) is 6.07. The molecule has 1 nitrogen and oxygen atoms in total. The van der Waals surface area contributed by atoms with Crippen molar-refractivity contribution in [3.63, 3.8) is 0 Å². The highest BCUT2D eigenvalue weighted by molar-refractivity contribution is 6.23. The van der Waals surface area contributed by atoms with Crippen molar-refractivity contribution in [1.29, 1.82) is 0 Å². The van der Waals surface area contributed by atoms with E-state index in [9.17, 15) is 0 Å². The second-order valence-corrected chi connectivity index (χ2v) is 14.1. The number of hydrogen-bond acceptors (Lipinski definition) is 1. The van der Waals surface area contributed by atoms with Crippen LogP contribution < -0.4 is 5.73 Å². The van der Waals surface area contributed by atoms with Crippen LogP contribution in [0.15, 0.2) is 159 Å². The van der Waals surface area contributed by atoms with Crippen LogP contribution in [-0.2, 0) is 6.42 Å². The van der Waals surface area contributed by atoms with E-state index in [-0.39, 0.29) is 0 Å². The molecule has 8 rings (SSSR count). The molecule has 0 radical (unpaired) electrons. The molecule has 0 bridgehead atoms. The standard InChI is InChI=1S/C51H45N/c1-3-35-18-12-19-38(41(35)4-2)31-30-36(32-33-52)39-20-13-21-40(34-39)50-46-22-8-10-24-48(46)51(49-25-11-9-23-47(49)50)45-29-15-27-43-42(26-14-28-44(43)45)37-16-6-5-7-17-37/h3-4,8-15,18-30,32-34,37H,1-2,5-7,16-17,31,52H2/b33-32-,36-30+. The number of rotatable bonds is 9. The second kappa shape index (κ2) is 14.7. The van der Waals surface area contributed by atoms with Gasteiger partial charge in [-0.3, -0.25) is 0 Å². The third-order valence-electron chi connectivity index (χ3n) is 11.2. The van der Waals surface area contributed by atoms with Crippen LogP contribution in [0.2, 0.25) is 0 Å². The zero-order chi connectivity index (χ0) is 35.4. The van der Waals surface area contributed by atoms with Crippen LogP contribution in [0, 0.1) is 0 Å². The Balaban J connectivity index is 1.30. The molecule has 0 amide bonds. The van der Waals surface area contributed by atoms with Gasteiger partial charge in [-0.15, -0.1) is 0 Å². The maximum atomic E-state index is 6.05. The second-order valence-electron chi connectivity index (χ2n) is 14.1. The Kier molecular flexibility index (Phi) is 9.42. The molecule has 52 heavy (non-hydrogen) atoms. The van der Waals surface area contributed by atoms with Crippen LogP contribution in [0.5, 0.6) is 0 Å². The summed E-state index contributed by atoms with van der Waals surface area (Å²) in [7, 11) is 0. The number of hydrogen-bond donors (Lipinski definition) is 1. The monoisotopic (exact) mass is 671 g/mol. The summed E-state index contributed by atoms with van der Waals surface area (Å²) in [5.74, 6) is 0.644. The van der Waals surface area contributed by atoms with Crippen molar-refractivity contribution in [2.45, 2.75) is 44.4 Å². The van der Waals surface area contributed by atoms with Crippen molar-refractivity contribution in [2.24, 2.45) is 5.73 Å². The molecule has 0 heterocycles. The predicted octanol–water partition coefficient (Wildman–Crippen LogP) is 13.9. The van der Waals surface area contributed by atoms with Crippen LogP contribution in [0.1, 0.15) is 65.8 Å². The Morgan fingerprint density at radius 3 is 1.94 bits per heavy atom. The van der Waals surface area contributed by atoms with Crippen molar-refractivity contribution >= 4 is 50.0 Å². The molecule has 7 aromatic carbocycles. The molecule has 0 atom stereocenters. The minimum Gasteiger partial charge on any atom is -0.405 e. The normalized spacial score (nSPS) is 14.0. The smallest absolute Gasteiger partial charge is 0.00201 e. The molecule has 254 valence electrons. The van der Waals surface area contributed by atoms with Crippen LogP contribution in [-0.4, -0.2) is 0 Å². The summed E-state index contributed by atoms with van der Waals surface area (Å²) in [5.41, 5.74) is 18.2. The summed E-state index contributed by atoms with van der Waals surface area (Å²) in [6.07, 6.45) is 17.1. The molecule has 1 aliphatic rings. The third-order valence-corrected chi connectivity index (χ3v) is 11.2. The largest absolute Gasteiger partial charge is 0.405 e. The maximum Gasteiger partial charge on any atom is -0.00201 e. The van der Waals surface area contributed by atoms with Gasteiger partial charge in [0.05, 0.1) is 0 Å². The SMILES string of the molecule is C=Cc1cccc(C/C=C(\C=C/N)c2cccc(-c3c4ccccc4c(-c4cccc5c(C6CCCCC6)cccc45)c4ccccc34)c2)c1C=C. The maximum absolute atomic E-state index is 6.05. The fourth-order valence-corrected chi connectivity index (χ4v) is 8.75. The van der Waals surface area contributed by atoms with Gasteiger partial charge >= 0.3 is 0 Å². The van der Waals surface area contributed by atoms with Crippen molar-refractivity contribution in [3.05, 3.63) is 187 Å². The molecule has 0 spiro atoms. The van der Waals surface area contributed by atoms with Crippen LogP contribution in [0.3, 0.4) is 0 Å². The van der Waals surface area contributed by atoms with E-state index in [0.717, 1.165) is 28.7 Å². The Morgan fingerprint density at radius 1 is 0.615 bits per heavy atom. The zero-order valence-electron chi connectivity index (χ0n) is 29.8. The van der Waals surface area contributed by atoms with Gasteiger partial charge in [-0.2, -0.15) is 0 Å². The molecule has 2 N–H and O–H groups in total. The Labute approximate surface area is 308 Å². The number of allylic oxidation sites excluding steroid dienone is 3. The summed E-state index contributed by atoms with van der Waals surface area (Å²) >= 11 is 0. The fourth-order valence-electron chi connectivity index (χ4n) is 8.75. The number of benzene rings is 7. The average molecular weight is 672 g/mol. The molecule has 0 unspecified atom stereocenters. The highest BCUT2D eigenvalue weighted by Crippen LogP contribution is 2.46. The van der Waals surface area contributed by atoms with E-state index in [2.05, 4.69) is 147 Å². The minimum absolute atomic E-state index is 0.644. The molecular weight excluding hydrogens is 627 g/mol. The lowest BCUT2D eigenvalue weighted by atomic mass is 9.80. The lowest BCUT2D eigenvalue weighted by molar-refractivity contribution is 0.445. The first-order valence-corrected chi connectivity index (χ1v) is 18.7. The first kappa shape index (κ1) is 33.2. The molecule has 1 heteroatoms. The highest BCUT2D eigenvalue weighted by atomic mass is 14.5. The van der Waals surface area contributed by atoms with Gasteiger partial charge in [0.15, 0.2) is 0 Å². The first-order chi connectivity index (χ1) is 25.7. The lowest BCUT2D eigenvalue weighted by Gasteiger charge is -2.24. The quantitative estimate of drug-likeness (QED) is 0.120. The molecule has 0 aliphatic heterocycles. The van der Waals surface area contributed by atoms with Crippen LogP contribution in [0.4, 0.5) is 0 Å². The summed E-state index contributed by atoms with van der Waals surface area (Å²) in [4.78, 5) is 0. The number of fused-ring (bicyclic) bond motifs is 3. The topological polar surface area (TPSA) is 26.0 Å². The molecule has 1 aliphatic carbocycles. The van der Waals surface area contributed by atoms with Gasteiger partial charge in [-0.25, -0.2) is 0 Å². The van der Waals surface area contributed by atoms with E-state index in [1.807, 2.05) is 18.2 Å². The van der Waals surface area contributed by atoms with E-state index in [1.54, 1.807) is 6.20 Å². The predicted molar refractivity (Wildman–Crippen MR) is 227 cm³/mol. The fraction of sp³-hybridized carbons (Fsp3) is 0.137. The number of nitrogens with two attached hydrogens (primary N) is 1. The van der Waals surface area contributed by atoms with Crippen molar-refractivity contribution < 1.29 is 0 Å². The molecule has 7 aromatic rings. The van der Waals surface area contributed by atoms with Crippen LogP contribution in [0.25, 0.3) is 72.3 Å². The molecule has 1 fully saturated rings. The summed E-state index contributed by atoms with van der Waals surface area (Å²) in [6, 6.07) is 47.2. The van der Waals surface area contributed by atoms with Gasteiger partial charge in [0.25, 0.3) is 0 Å². The molecule has 1 saturated carbocycles. The summed E-state index contributed by atoms with van der Waals surface area (Å²) in [6.45, 7) is 8.08. The van der Waals surface area contributed by atoms with Crippen molar-refractivity contribution in [2.75, 3.05) is 0 Å². The van der Waals surface area contributed by atoms with E-state index in [4.69, 9.17) is 5.73 Å². The van der Waals surface area contributed by atoms with Gasteiger partial charge in [0.1, 0.15) is 0 Å². The van der Waals surface area contributed by atoms with Gasteiger partial charge in [0.2, 0.25) is 0 Å². The summed E-state index contributed by atoms with van der Waals surface area (Å²) in [5, 5.41) is 7.80. The molecule has 0 aromatic heterocycles. The van der Waals surface area contributed by atoms with Gasteiger partial charge < -0.3 is 5.73 Å². The zero-order valence-corrected chi connectivity index (χ0v) is 29.8. The van der Waals surface area contributed by atoms with Gasteiger partial charge in [-0.05, 0) is 131 Å². The highest BCUT2D eigenvalue weighted by Gasteiger charge is 2.21. The Hall–Kier alpha value is -5.92. The average Bonchev–Trinajstić information content (AvgIpc) is 3.21. The van der Waals surface area contributed by atoms with Crippen LogP contribution >= 0.6 is 0 Å². The van der Waals surface area contributed by atoms with Crippen molar-refractivity contribution in [1.82, 2.24) is 0 Å². The van der Waals surface area contributed by atoms with Crippen molar-refractivity contribution in [3.8, 4) is 22.3 Å². The van der Waals surface area contributed by atoms with E-state index >= 15 is 0 Å². The summed E-state index contributed by atoms with van der Waals surface area (Å²) < 4.78 is 0. The Morgan fingerprint density at radius 2 is 1.25 bits per heavy atom. The molecular formula is C51H45N. The van der Waals surface area contributed by atoms with Gasteiger partial charge in [0, 0.05) is 0 Å². The van der Waals surface area contributed by atoms with E-state index in [1.165, 1.54) is 97.8 Å². The Bertz CT molecular complexity index is 2460. The van der Waals surface area contributed by atoms with E-state index in [0.29, 0.717) is 5.92 Å². The lowest BCUT2D eigenvalue weighted by Crippen LogP contribution is -2.05.